The fourth-order valence-electron chi connectivity index (χ4n) is 3.36. The molecular weight excluding hydrogens is 319 g/mol. The molecule has 0 aliphatic carbocycles. The standard InChI is InChI=1S/C19H25FN4O/c1-13-11-15(12-14(2)18(13)20)19(25)21-9-6-8-17-23-22-16-7-4-3-5-10-24(16)17/h11-12H,3-10H2,1-2H3,(H,21,25). The monoisotopic (exact) mass is 344 g/mol. The van der Waals surface area contributed by atoms with Crippen molar-refractivity contribution in [3.63, 3.8) is 0 Å². The third kappa shape index (κ3) is 4.06. The molecule has 1 aromatic carbocycles. The van der Waals surface area contributed by atoms with Crippen molar-refractivity contribution >= 4 is 5.91 Å². The molecule has 0 bridgehead atoms. The first kappa shape index (κ1) is 17.6. The molecular formula is C19H25FN4O. The molecule has 1 aliphatic rings. The third-order valence-electron chi connectivity index (χ3n) is 4.75. The number of nitrogens with one attached hydrogen (secondary N) is 1. The average Bonchev–Trinajstić information content (AvgIpc) is 2.82. The molecule has 0 fully saturated rings. The Kier molecular flexibility index (Phi) is 5.46. The van der Waals surface area contributed by atoms with E-state index in [-0.39, 0.29) is 11.7 Å². The lowest BCUT2D eigenvalue weighted by Gasteiger charge is -2.09. The maximum atomic E-state index is 13.7. The van der Waals surface area contributed by atoms with E-state index < -0.39 is 0 Å². The van der Waals surface area contributed by atoms with Crippen LogP contribution in [-0.4, -0.2) is 27.2 Å². The molecule has 0 unspecified atom stereocenters. The number of hydrogen-bond acceptors (Lipinski definition) is 3. The van der Waals surface area contributed by atoms with Crippen molar-refractivity contribution in [2.24, 2.45) is 0 Å². The van der Waals surface area contributed by atoms with Gasteiger partial charge in [0.05, 0.1) is 0 Å². The van der Waals surface area contributed by atoms with E-state index >= 15 is 0 Å². The number of carbonyl (C=O) groups excluding carboxylic acids is 1. The van der Waals surface area contributed by atoms with Gasteiger partial charge in [0, 0.05) is 31.5 Å². The molecule has 134 valence electrons. The zero-order valence-corrected chi connectivity index (χ0v) is 14.9. The second kappa shape index (κ2) is 7.76. The molecule has 0 radical (unpaired) electrons. The van der Waals surface area contributed by atoms with E-state index in [4.69, 9.17) is 0 Å². The molecule has 5 nitrogen and oxygen atoms in total. The number of aromatic nitrogens is 3. The molecule has 1 aliphatic heterocycles. The molecule has 0 atom stereocenters. The first-order chi connectivity index (χ1) is 12.1. The Morgan fingerprint density at radius 1 is 1.20 bits per heavy atom. The van der Waals surface area contributed by atoms with Crippen LogP contribution in [0.3, 0.4) is 0 Å². The third-order valence-corrected chi connectivity index (χ3v) is 4.75. The average molecular weight is 344 g/mol. The zero-order valence-electron chi connectivity index (χ0n) is 14.9. The molecule has 3 rings (SSSR count). The highest BCUT2D eigenvalue weighted by atomic mass is 19.1. The van der Waals surface area contributed by atoms with E-state index in [1.54, 1.807) is 26.0 Å². The lowest BCUT2D eigenvalue weighted by atomic mass is 10.1. The highest BCUT2D eigenvalue weighted by Crippen LogP contribution is 2.16. The van der Waals surface area contributed by atoms with Crippen LogP contribution in [0.15, 0.2) is 12.1 Å². The molecule has 0 spiro atoms. The van der Waals surface area contributed by atoms with Gasteiger partial charge in [0.1, 0.15) is 17.5 Å². The molecule has 6 heteroatoms. The molecule has 2 heterocycles. The lowest BCUT2D eigenvalue weighted by molar-refractivity contribution is 0.0953. The van der Waals surface area contributed by atoms with Crippen molar-refractivity contribution in [2.45, 2.75) is 58.9 Å². The SMILES string of the molecule is Cc1cc(C(=O)NCCCc2nnc3n2CCCCC3)cc(C)c1F. The fourth-order valence-corrected chi connectivity index (χ4v) is 3.36. The minimum Gasteiger partial charge on any atom is -0.352 e. The summed E-state index contributed by atoms with van der Waals surface area (Å²) in [5.74, 6) is 1.70. The van der Waals surface area contributed by atoms with Crippen molar-refractivity contribution in [1.29, 1.82) is 0 Å². The Hall–Kier alpha value is -2.24. The van der Waals surface area contributed by atoms with E-state index in [1.807, 2.05) is 0 Å². The van der Waals surface area contributed by atoms with Crippen LogP contribution in [0.5, 0.6) is 0 Å². The summed E-state index contributed by atoms with van der Waals surface area (Å²) in [5, 5.41) is 11.5. The first-order valence-corrected chi connectivity index (χ1v) is 9.02. The highest BCUT2D eigenvalue weighted by Gasteiger charge is 2.14. The van der Waals surface area contributed by atoms with Crippen molar-refractivity contribution in [2.75, 3.05) is 6.54 Å². The second-order valence-corrected chi connectivity index (χ2v) is 6.78. The Labute approximate surface area is 147 Å². The summed E-state index contributed by atoms with van der Waals surface area (Å²) >= 11 is 0. The van der Waals surface area contributed by atoms with Gasteiger partial charge in [-0.1, -0.05) is 6.42 Å². The summed E-state index contributed by atoms with van der Waals surface area (Å²) in [5.41, 5.74) is 1.50. The van der Waals surface area contributed by atoms with Gasteiger partial charge in [0.25, 0.3) is 5.91 Å². The van der Waals surface area contributed by atoms with Crippen LogP contribution in [0, 0.1) is 19.7 Å². The Morgan fingerprint density at radius 2 is 1.96 bits per heavy atom. The van der Waals surface area contributed by atoms with Gasteiger partial charge in [-0.3, -0.25) is 4.79 Å². The second-order valence-electron chi connectivity index (χ2n) is 6.78. The molecule has 2 aromatic rings. The number of carbonyl (C=O) groups is 1. The summed E-state index contributed by atoms with van der Waals surface area (Å²) < 4.78 is 15.9. The predicted molar refractivity (Wildman–Crippen MR) is 94.1 cm³/mol. The van der Waals surface area contributed by atoms with Crippen molar-refractivity contribution in [1.82, 2.24) is 20.1 Å². The molecule has 25 heavy (non-hydrogen) atoms. The van der Waals surface area contributed by atoms with Gasteiger partial charge in [-0.15, -0.1) is 10.2 Å². The van der Waals surface area contributed by atoms with E-state index in [0.717, 1.165) is 37.5 Å². The summed E-state index contributed by atoms with van der Waals surface area (Å²) in [7, 11) is 0. The van der Waals surface area contributed by atoms with Crippen molar-refractivity contribution < 1.29 is 9.18 Å². The van der Waals surface area contributed by atoms with Gasteiger partial charge in [0.15, 0.2) is 0 Å². The summed E-state index contributed by atoms with van der Waals surface area (Å²) in [6.07, 6.45) is 6.23. The predicted octanol–water partition coefficient (Wildman–Crippen LogP) is 3.12. The van der Waals surface area contributed by atoms with Crippen molar-refractivity contribution in [3.8, 4) is 0 Å². The smallest absolute Gasteiger partial charge is 0.251 e. The number of hydrogen-bond donors (Lipinski definition) is 1. The minimum atomic E-state index is -0.246. The van der Waals surface area contributed by atoms with Gasteiger partial charge < -0.3 is 9.88 Å². The number of rotatable bonds is 5. The van der Waals surface area contributed by atoms with E-state index in [1.165, 1.54) is 19.3 Å². The number of amides is 1. The number of fused-ring (bicyclic) bond motifs is 1. The van der Waals surface area contributed by atoms with E-state index in [2.05, 4.69) is 20.1 Å². The molecule has 1 amide bonds. The van der Waals surface area contributed by atoms with Crippen molar-refractivity contribution in [3.05, 3.63) is 46.3 Å². The number of aryl methyl sites for hydroxylation is 4. The molecule has 1 N–H and O–H groups in total. The van der Waals surface area contributed by atoms with Crippen LogP contribution in [0.1, 0.15) is 58.8 Å². The van der Waals surface area contributed by atoms with Crippen LogP contribution >= 0.6 is 0 Å². The quantitative estimate of drug-likeness (QED) is 0.848. The molecule has 0 saturated heterocycles. The van der Waals surface area contributed by atoms with E-state index in [0.29, 0.717) is 23.2 Å². The molecule has 0 saturated carbocycles. The topological polar surface area (TPSA) is 59.8 Å². The fraction of sp³-hybridized carbons (Fsp3) is 0.526. The van der Waals surface area contributed by atoms with Crippen LogP contribution in [0.2, 0.25) is 0 Å². The van der Waals surface area contributed by atoms with Gasteiger partial charge in [-0.2, -0.15) is 0 Å². The van der Waals surface area contributed by atoms with Crippen LogP contribution in [-0.2, 0) is 19.4 Å². The molecule has 1 aromatic heterocycles. The normalized spacial score (nSPS) is 14.0. The highest BCUT2D eigenvalue weighted by molar-refractivity contribution is 5.94. The zero-order chi connectivity index (χ0) is 17.8. The largest absolute Gasteiger partial charge is 0.352 e. The maximum absolute atomic E-state index is 13.7. The van der Waals surface area contributed by atoms with Gasteiger partial charge in [-0.05, 0) is 56.4 Å². The van der Waals surface area contributed by atoms with Crippen LogP contribution in [0.4, 0.5) is 4.39 Å². The number of halogens is 1. The Morgan fingerprint density at radius 3 is 2.72 bits per heavy atom. The maximum Gasteiger partial charge on any atom is 0.251 e. The van der Waals surface area contributed by atoms with Gasteiger partial charge in [0.2, 0.25) is 0 Å². The van der Waals surface area contributed by atoms with E-state index in [9.17, 15) is 9.18 Å². The first-order valence-electron chi connectivity index (χ1n) is 9.02. The van der Waals surface area contributed by atoms with Crippen LogP contribution in [0.25, 0.3) is 0 Å². The number of benzene rings is 1. The minimum absolute atomic E-state index is 0.161. The lowest BCUT2D eigenvalue weighted by Crippen LogP contribution is -2.25. The Bertz CT molecular complexity index is 746. The van der Waals surface area contributed by atoms with Gasteiger partial charge in [-0.25, -0.2) is 4.39 Å². The summed E-state index contributed by atoms with van der Waals surface area (Å²) in [6, 6.07) is 3.19. The van der Waals surface area contributed by atoms with Crippen LogP contribution < -0.4 is 5.32 Å². The van der Waals surface area contributed by atoms with Gasteiger partial charge >= 0.3 is 0 Å². The summed E-state index contributed by atoms with van der Waals surface area (Å²) in [4.78, 5) is 12.2. The number of nitrogens with zero attached hydrogens (tertiary/aromatic N) is 3. The Balaban J connectivity index is 1.52. The summed E-state index contributed by atoms with van der Waals surface area (Å²) in [6.45, 7) is 4.92.